The van der Waals surface area contributed by atoms with Crippen LogP contribution in [0.4, 0.5) is 13.2 Å². The van der Waals surface area contributed by atoms with E-state index in [-0.39, 0.29) is 19.2 Å². The summed E-state index contributed by atoms with van der Waals surface area (Å²) in [7, 11) is 0. The molecule has 0 spiro atoms. The zero-order valence-corrected chi connectivity index (χ0v) is 13.4. The van der Waals surface area contributed by atoms with Crippen LogP contribution in [0.5, 0.6) is 5.75 Å². The van der Waals surface area contributed by atoms with Gasteiger partial charge in [0.25, 0.3) is 0 Å². The molecule has 1 aromatic rings. The SMILES string of the molecule is O=C(N1CCc2ccc(OC3CCNCC3)cc2CC1)C(F)(F)F. The average molecular weight is 342 g/mol. The minimum absolute atomic E-state index is 0.0855. The van der Waals surface area contributed by atoms with Crippen LogP contribution < -0.4 is 10.1 Å². The van der Waals surface area contributed by atoms with Gasteiger partial charge in [0.15, 0.2) is 0 Å². The third-order valence-corrected chi connectivity index (χ3v) is 4.60. The number of amides is 1. The molecule has 0 atom stereocenters. The number of nitrogens with one attached hydrogen (secondary N) is 1. The molecule has 0 saturated carbocycles. The third-order valence-electron chi connectivity index (χ3n) is 4.60. The van der Waals surface area contributed by atoms with Crippen molar-refractivity contribution in [3.63, 3.8) is 0 Å². The number of fused-ring (bicyclic) bond motifs is 1. The van der Waals surface area contributed by atoms with Crippen LogP contribution in [0.3, 0.4) is 0 Å². The standard InChI is InChI=1S/C17H21F3N2O2/c18-17(19,20)16(23)22-9-5-12-1-2-15(11-13(12)6-10-22)24-14-3-7-21-8-4-14/h1-2,11,14,21H,3-10H2. The van der Waals surface area contributed by atoms with Crippen molar-refractivity contribution in [3.8, 4) is 5.75 Å². The monoisotopic (exact) mass is 342 g/mol. The highest BCUT2D eigenvalue weighted by molar-refractivity contribution is 5.82. The van der Waals surface area contributed by atoms with Gasteiger partial charge in [0.2, 0.25) is 0 Å². The number of piperidine rings is 1. The first-order valence-electron chi connectivity index (χ1n) is 8.29. The highest BCUT2D eigenvalue weighted by atomic mass is 19.4. The zero-order valence-electron chi connectivity index (χ0n) is 13.4. The number of benzene rings is 1. The molecule has 1 N–H and O–H groups in total. The Labute approximate surface area is 139 Å². The van der Waals surface area contributed by atoms with Crippen molar-refractivity contribution in [2.24, 2.45) is 0 Å². The summed E-state index contributed by atoms with van der Waals surface area (Å²) in [6.45, 7) is 2.05. The molecule has 0 unspecified atom stereocenters. The van der Waals surface area contributed by atoms with Crippen molar-refractivity contribution in [2.75, 3.05) is 26.2 Å². The van der Waals surface area contributed by atoms with E-state index in [9.17, 15) is 18.0 Å². The molecule has 1 fully saturated rings. The Morgan fingerprint density at radius 2 is 1.79 bits per heavy atom. The van der Waals surface area contributed by atoms with Crippen molar-refractivity contribution in [1.29, 1.82) is 0 Å². The topological polar surface area (TPSA) is 41.6 Å². The van der Waals surface area contributed by atoms with Gasteiger partial charge in [-0.2, -0.15) is 13.2 Å². The van der Waals surface area contributed by atoms with Crippen LogP contribution in [0.15, 0.2) is 18.2 Å². The summed E-state index contributed by atoms with van der Waals surface area (Å²) in [5.41, 5.74) is 1.96. The Bertz CT molecular complexity index is 598. The molecular formula is C17H21F3N2O2. The van der Waals surface area contributed by atoms with Crippen LogP contribution in [0.1, 0.15) is 24.0 Å². The number of halogens is 3. The van der Waals surface area contributed by atoms with E-state index in [1.165, 1.54) is 0 Å². The Morgan fingerprint density at radius 3 is 2.46 bits per heavy atom. The van der Waals surface area contributed by atoms with Gasteiger partial charge in [0.05, 0.1) is 0 Å². The van der Waals surface area contributed by atoms with Gasteiger partial charge in [0, 0.05) is 13.1 Å². The lowest BCUT2D eigenvalue weighted by molar-refractivity contribution is -0.185. The second-order valence-corrected chi connectivity index (χ2v) is 6.29. The largest absolute Gasteiger partial charge is 0.490 e. The van der Waals surface area contributed by atoms with E-state index in [1.54, 1.807) is 0 Å². The van der Waals surface area contributed by atoms with E-state index in [1.807, 2.05) is 18.2 Å². The van der Waals surface area contributed by atoms with Crippen molar-refractivity contribution in [1.82, 2.24) is 10.2 Å². The van der Waals surface area contributed by atoms with Crippen LogP contribution in [0.2, 0.25) is 0 Å². The summed E-state index contributed by atoms with van der Waals surface area (Å²) >= 11 is 0. The summed E-state index contributed by atoms with van der Waals surface area (Å²) < 4.78 is 43.8. The van der Waals surface area contributed by atoms with E-state index >= 15 is 0 Å². The van der Waals surface area contributed by atoms with Gasteiger partial charge < -0.3 is 15.0 Å². The summed E-state index contributed by atoms with van der Waals surface area (Å²) in [5.74, 6) is -0.988. The van der Waals surface area contributed by atoms with E-state index in [2.05, 4.69) is 5.32 Å². The summed E-state index contributed by atoms with van der Waals surface area (Å²) in [5, 5.41) is 3.28. The van der Waals surface area contributed by atoms with Crippen molar-refractivity contribution >= 4 is 5.91 Å². The molecule has 1 aromatic carbocycles. The number of hydrogen-bond acceptors (Lipinski definition) is 3. The molecule has 2 heterocycles. The van der Waals surface area contributed by atoms with Gasteiger partial charge >= 0.3 is 12.1 Å². The highest BCUT2D eigenvalue weighted by Crippen LogP contribution is 2.26. The zero-order chi connectivity index (χ0) is 17.2. The first-order valence-corrected chi connectivity index (χ1v) is 8.29. The van der Waals surface area contributed by atoms with Crippen molar-refractivity contribution in [2.45, 2.75) is 38.0 Å². The third kappa shape index (κ3) is 4.01. The van der Waals surface area contributed by atoms with Gasteiger partial charge in [-0.3, -0.25) is 4.79 Å². The Kier molecular flexibility index (Phi) is 4.99. The van der Waals surface area contributed by atoms with Gasteiger partial charge in [-0.05, 0) is 62.0 Å². The number of carbonyl (C=O) groups is 1. The molecule has 1 saturated heterocycles. The summed E-state index contributed by atoms with van der Waals surface area (Å²) in [4.78, 5) is 12.3. The molecule has 7 heteroatoms. The van der Waals surface area contributed by atoms with Crippen LogP contribution in [0, 0.1) is 0 Å². The normalized spacial score (nSPS) is 19.5. The van der Waals surface area contributed by atoms with E-state index < -0.39 is 12.1 Å². The van der Waals surface area contributed by atoms with E-state index in [4.69, 9.17) is 4.74 Å². The van der Waals surface area contributed by atoms with Gasteiger partial charge in [-0.15, -0.1) is 0 Å². The number of ether oxygens (including phenoxy) is 1. The second kappa shape index (κ2) is 7.01. The smallest absolute Gasteiger partial charge is 0.471 e. The van der Waals surface area contributed by atoms with Crippen molar-refractivity contribution in [3.05, 3.63) is 29.3 Å². The quantitative estimate of drug-likeness (QED) is 0.897. The fourth-order valence-corrected chi connectivity index (χ4v) is 3.26. The first-order chi connectivity index (χ1) is 11.4. The van der Waals surface area contributed by atoms with Gasteiger partial charge in [0.1, 0.15) is 11.9 Å². The highest BCUT2D eigenvalue weighted by Gasteiger charge is 2.42. The molecule has 132 valence electrons. The fourth-order valence-electron chi connectivity index (χ4n) is 3.26. The maximum Gasteiger partial charge on any atom is 0.471 e. The van der Waals surface area contributed by atoms with E-state index in [0.717, 1.165) is 47.7 Å². The maximum absolute atomic E-state index is 12.6. The number of hydrogen-bond donors (Lipinski definition) is 1. The molecule has 4 nitrogen and oxygen atoms in total. The predicted molar refractivity (Wildman–Crippen MR) is 83.0 cm³/mol. The van der Waals surface area contributed by atoms with Crippen LogP contribution in [-0.4, -0.2) is 49.3 Å². The summed E-state index contributed by atoms with van der Waals surface area (Å²) in [6.07, 6.45) is -1.88. The number of rotatable bonds is 2. The Morgan fingerprint density at radius 1 is 1.12 bits per heavy atom. The Hall–Kier alpha value is -1.76. The number of alkyl halides is 3. The Balaban J connectivity index is 1.67. The molecule has 0 radical (unpaired) electrons. The van der Waals surface area contributed by atoms with Crippen LogP contribution >= 0.6 is 0 Å². The molecule has 0 aromatic heterocycles. The molecule has 24 heavy (non-hydrogen) atoms. The fraction of sp³-hybridized carbons (Fsp3) is 0.588. The molecule has 1 amide bonds. The second-order valence-electron chi connectivity index (χ2n) is 6.29. The maximum atomic E-state index is 12.6. The lowest BCUT2D eigenvalue weighted by Gasteiger charge is -2.24. The molecule has 0 aliphatic carbocycles. The minimum Gasteiger partial charge on any atom is -0.490 e. The van der Waals surface area contributed by atoms with E-state index in [0.29, 0.717) is 12.8 Å². The molecule has 2 aliphatic heterocycles. The van der Waals surface area contributed by atoms with Gasteiger partial charge in [-0.1, -0.05) is 6.07 Å². The average Bonchev–Trinajstić information content (AvgIpc) is 2.76. The first kappa shape index (κ1) is 17.1. The molecule has 3 rings (SSSR count). The molecular weight excluding hydrogens is 321 g/mol. The summed E-state index contributed by atoms with van der Waals surface area (Å²) in [6, 6.07) is 5.70. The van der Waals surface area contributed by atoms with Crippen LogP contribution in [-0.2, 0) is 17.6 Å². The lowest BCUT2D eigenvalue weighted by atomic mass is 10.0. The molecule has 2 aliphatic rings. The predicted octanol–water partition coefficient (Wildman–Crippen LogP) is 2.31. The number of nitrogens with zero attached hydrogens (tertiary/aromatic N) is 1. The van der Waals surface area contributed by atoms with Crippen molar-refractivity contribution < 1.29 is 22.7 Å². The number of carbonyl (C=O) groups excluding carboxylic acids is 1. The van der Waals surface area contributed by atoms with Gasteiger partial charge in [-0.25, -0.2) is 0 Å². The minimum atomic E-state index is -4.81. The lowest BCUT2D eigenvalue weighted by Crippen LogP contribution is -2.42. The molecule has 0 bridgehead atoms. The van der Waals surface area contributed by atoms with Crippen LogP contribution in [0.25, 0.3) is 0 Å².